The van der Waals surface area contributed by atoms with Crippen molar-refractivity contribution in [1.29, 1.82) is 0 Å². The molecule has 0 unspecified atom stereocenters. The topological polar surface area (TPSA) is 66.8 Å². The van der Waals surface area contributed by atoms with Crippen molar-refractivity contribution in [2.45, 2.75) is 44.4 Å². The third-order valence-electron chi connectivity index (χ3n) is 5.60. The maximum Gasteiger partial charge on any atom is 0.252 e. The molecule has 1 amide bonds. The van der Waals surface area contributed by atoms with Gasteiger partial charge in [-0.1, -0.05) is 67.6 Å². The molecular formula is C23H26N2O3S2. The predicted octanol–water partition coefficient (Wildman–Crippen LogP) is 3.96. The zero-order valence-corrected chi connectivity index (χ0v) is 19.0. The number of amides is 1. The molecule has 0 aromatic heterocycles. The summed E-state index contributed by atoms with van der Waals surface area (Å²) in [5.41, 5.74) is 4.18. The van der Waals surface area contributed by atoms with E-state index in [2.05, 4.69) is 31.0 Å². The van der Waals surface area contributed by atoms with Gasteiger partial charge in [0.05, 0.1) is 24.0 Å². The van der Waals surface area contributed by atoms with Crippen LogP contribution < -0.4 is 4.90 Å². The van der Waals surface area contributed by atoms with Gasteiger partial charge < -0.3 is 4.90 Å². The number of carbonyl (C=O) groups is 1. The van der Waals surface area contributed by atoms with Gasteiger partial charge in [-0.25, -0.2) is 8.42 Å². The molecule has 0 N–H and O–H groups in total. The third-order valence-corrected chi connectivity index (χ3v) is 8.81. The molecule has 0 spiro atoms. The lowest BCUT2D eigenvalue weighted by Crippen LogP contribution is -2.37. The first-order chi connectivity index (χ1) is 14.2. The van der Waals surface area contributed by atoms with Gasteiger partial charge in [0, 0.05) is 10.9 Å². The molecule has 0 aliphatic carbocycles. The van der Waals surface area contributed by atoms with E-state index in [1.54, 1.807) is 0 Å². The number of fused-ring (bicyclic) bond motifs is 1. The van der Waals surface area contributed by atoms with Crippen molar-refractivity contribution >= 4 is 38.4 Å². The van der Waals surface area contributed by atoms with Gasteiger partial charge in [0.25, 0.3) is 5.91 Å². The molecule has 2 aromatic carbocycles. The van der Waals surface area contributed by atoms with Crippen LogP contribution in [0.1, 0.15) is 36.5 Å². The van der Waals surface area contributed by atoms with E-state index in [-0.39, 0.29) is 35.1 Å². The van der Waals surface area contributed by atoms with Crippen LogP contribution in [0.4, 0.5) is 5.69 Å². The smallest absolute Gasteiger partial charge is 0.252 e. The van der Waals surface area contributed by atoms with Crippen molar-refractivity contribution in [1.82, 2.24) is 0 Å². The van der Waals surface area contributed by atoms with Crippen LogP contribution in [0.5, 0.6) is 0 Å². The van der Waals surface area contributed by atoms with Crippen molar-refractivity contribution in [3.63, 3.8) is 0 Å². The summed E-state index contributed by atoms with van der Waals surface area (Å²) < 4.78 is 24.4. The molecule has 2 heterocycles. The zero-order valence-electron chi connectivity index (χ0n) is 17.4. The molecule has 2 aromatic rings. The third kappa shape index (κ3) is 4.47. The molecule has 0 radical (unpaired) electrons. The molecule has 2 aliphatic heterocycles. The highest BCUT2D eigenvalue weighted by molar-refractivity contribution is 8.16. The number of sulfone groups is 1. The summed E-state index contributed by atoms with van der Waals surface area (Å²) in [4.78, 5) is 19.0. The first-order valence-electron chi connectivity index (χ1n) is 10.2. The number of hydrogen-bond acceptors (Lipinski definition) is 4. The summed E-state index contributed by atoms with van der Waals surface area (Å²) in [6.45, 7) is 6.28. The Bertz CT molecular complexity index is 1070. The first kappa shape index (κ1) is 21.1. The SMILES string of the molecule is Cc1ccc(CC(=O)N=C2S[C@@H]3CS(=O)(=O)C[C@H]3N2c2ccc(C(C)C)cc2)cc1. The minimum absolute atomic E-state index is 0.0919. The summed E-state index contributed by atoms with van der Waals surface area (Å²) in [5.74, 6) is 0.430. The second-order valence-corrected chi connectivity index (χ2v) is 11.7. The van der Waals surface area contributed by atoms with E-state index in [0.717, 1.165) is 16.8 Å². The van der Waals surface area contributed by atoms with Crippen LogP contribution in [-0.4, -0.2) is 42.3 Å². The molecule has 30 heavy (non-hydrogen) atoms. The van der Waals surface area contributed by atoms with Crippen molar-refractivity contribution < 1.29 is 13.2 Å². The van der Waals surface area contributed by atoms with E-state index < -0.39 is 9.84 Å². The van der Waals surface area contributed by atoms with Gasteiger partial charge >= 0.3 is 0 Å². The number of benzene rings is 2. The lowest BCUT2D eigenvalue weighted by molar-refractivity contribution is -0.117. The molecule has 2 aliphatic rings. The molecule has 7 heteroatoms. The molecule has 4 rings (SSSR count). The Morgan fingerprint density at radius 2 is 1.77 bits per heavy atom. The highest BCUT2D eigenvalue weighted by Crippen LogP contribution is 2.41. The van der Waals surface area contributed by atoms with Crippen LogP contribution in [0.2, 0.25) is 0 Å². The molecule has 2 saturated heterocycles. The molecule has 2 atom stereocenters. The van der Waals surface area contributed by atoms with Gasteiger partial charge in [-0.05, 0) is 36.1 Å². The summed E-state index contributed by atoms with van der Waals surface area (Å²) in [6.07, 6.45) is 0.234. The number of rotatable bonds is 4. The molecule has 0 saturated carbocycles. The minimum Gasteiger partial charge on any atom is -0.316 e. The maximum atomic E-state index is 12.7. The van der Waals surface area contributed by atoms with E-state index in [4.69, 9.17) is 0 Å². The Hall–Kier alpha value is -2.12. The van der Waals surface area contributed by atoms with Crippen molar-refractivity contribution in [3.8, 4) is 0 Å². The van der Waals surface area contributed by atoms with E-state index in [1.165, 1.54) is 17.3 Å². The van der Waals surface area contributed by atoms with E-state index >= 15 is 0 Å². The number of aliphatic imine (C=N–C) groups is 1. The van der Waals surface area contributed by atoms with Crippen LogP contribution in [0, 0.1) is 6.92 Å². The number of amidine groups is 1. The fourth-order valence-corrected chi connectivity index (χ4v) is 7.84. The number of carbonyl (C=O) groups excluding carboxylic acids is 1. The van der Waals surface area contributed by atoms with Gasteiger partial charge in [0.1, 0.15) is 0 Å². The molecule has 2 fully saturated rings. The van der Waals surface area contributed by atoms with Gasteiger partial charge in [-0.15, -0.1) is 0 Å². The van der Waals surface area contributed by atoms with Crippen LogP contribution >= 0.6 is 11.8 Å². The Labute approximate surface area is 182 Å². The highest BCUT2D eigenvalue weighted by atomic mass is 32.2. The summed E-state index contributed by atoms with van der Waals surface area (Å²) >= 11 is 1.41. The zero-order chi connectivity index (χ0) is 21.5. The largest absolute Gasteiger partial charge is 0.316 e. The van der Waals surface area contributed by atoms with Crippen LogP contribution in [-0.2, 0) is 21.1 Å². The number of hydrogen-bond donors (Lipinski definition) is 0. The molecule has 0 bridgehead atoms. The normalized spacial score (nSPS) is 23.9. The first-order valence-corrected chi connectivity index (χ1v) is 12.9. The van der Waals surface area contributed by atoms with Gasteiger partial charge in [0.15, 0.2) is 15.0 Å². The second kappa shape index (κ2) is 8.19. The lowest BCUT2D eigenvalue weighted by atomic mass is 10.0. The van der Waals surface area contributed by atoms with Crippen molar-refractivity contribution in [3.05, 3.63) is 65.2 Å². The number of aryl methyl sites for hydroxylation is 1. The number of thioether (sulfide) groups is 1. The Kier molecular flexibility index (Phi) is 5.77. The Morgan fingerprint density at radius 1 is 1.10 bits per heavy atom. The van der Waals surface area contributed by atoms with Crippen molar-refractivity contribution in [2.75, 3.05) is 16.4 Å². The van der Waals surface area contributed by atoms with Crippen molar-refractivity contribution in [2.24, 2.45) is 4.99 Å². The number of anilines is 1. The standard InChI is InChI=1S/C23H26N2O3S2/c1-15(2)18-8-10-19(11-9-18)25-20-13-30(27,28)14-21(20)29-23(25)24-22(26)12-17-6-4-16(3)5-7-17/h4-11,15,20-21H,12-14H2,1-3H3/t20-,21-/m1/s1. The summed E-state index contributed by atoms with van der Waals surface area (Å²) in [5, 5.41) is 0.514. The van der Waals surface area contributed by atoms with Gasteiger partial charge in [0.2, 0.25) is 0 Å². The molecular weight excluding hydrogens is 416 g/mol. The average molecular weight is 443 g/mol. The summed E-state index contributed by atoms with van der Waals surface area (Å²) in [6, 6.07) is 15.8. The monoisotopic (exact) mass is 442 g/mol. The van der Waals surface area contributed by atoms with Crippen LogP contribution in [0.3, 0.4) is 0 Å². The van der Waals surface area contributed by atoms with Crippen LogP contribution in [0.15, 0.2) is 53.5 Å². The minimum atomic E-state index is -3.07. The lowest BCUT2D eigenvalue weighted by Gasteiger charge is -2.25. The van der Waals surface area contributed by atoms with Gasteiger partial charge in [-0.3, -0.25) is 4.79 Å². The van der Waals surface area contributed by atoms with Crippen LogP contribution in [0.25, 0.3) is 0 Å². The van der Waals surface area contributed by atoms with Gasteiger partial charge in [-0.2, -0.15) is 4.99 Å². The second-order valence-electron chi connectivity index (χ2n) is 8.37. The quantitative estimate of drug-likeness (QED) is 0.717. The van der Waals surface area contributed by atoms with E-state index in [0.29, 0.717) is 11.1 Å². The Morgan fingerprint density at radius 3 is 2.40 bits per heavy atom. The van der Waals surface area contributed by atoms with E-state index in [9.17, 15) is 13.2 Å². The maximum absolute atomic E-state index is 12.7. The summed E-state index contributed by atoms with van der Waals surface area (Å²) in [7, 11) is -3.07. The fourth-order valence-electron chi connectivity index (χ4n) is 3.91. The number of nitrogens with zero attached hydrogens (tertiary/aromatic N) is 2. The molecule has 158 valence electrons. The highest BCUT2D eigenvalue weighted by Gasteiger charge is 2.49. The fraction of sp³-hybridized carbons (Fsp3) is 0.391. The average Bonchev–Trinajstić information content (AvgIpc) is 3.14. The Balaban J connectivity index is 1.62. The molecule has 5 nitrogen and oxygen atoms in total. The van der Waals surface area contributed by atoms with E-state index in [1.807, 2.05) is 48.2 Å². The predicted molar refractivity (Wildman–Crippen MR) is 124 cm³/mol.